The molecule has 144 valence electrons. The summed E-state index contributed by atoms with van der Waals surface area (Å²) in [5.41, 5.74) is -0.768. The van der Waals surface area contributed by atoms with E-state index in [4.69, 9.17) is 9.26 Å². The molecule has 0 atom stereocenters. The Balaban J connectivity index is 1.46. The van der Waals surface area contributed by atoms with Crippen LogP contribution in [0.15, 0.2) is 22.2 Å². The average Bonchev–Trinajstić information content (AvgIpc) is 3.15. The standard InChI is InChI=1S/C17H21N5O4S/c1-25-13-10-12(26-21-13)14(23)22-7-4-17(5-8-22,15(24)19-11-2-3-11)20-16-18-6-9-27-16/h6,9-11H,2-5,7-8H2,1H3,(H,18,20)(H,19,24). The van der Waals surface area contributed by atoms with Crippen molar-refractivity contribution in [2.75, 3.05) is 25.5 Å². The molecule has 0 radical (unpaired) electrons. The van der Waals surface area contributed by atoms with E-state index in [2.05, 4.69) is 20.8 Å². The maximum atomic E-state index is 12.9. The second kappa shape index (κ2) is 7.18. The third-order valence-electron chi connectivity index (χ3n) is 4.94. The number of hydrogen-bond donors (Lipinski definition) is 2. The van der Waals surface area contributed by atoms with Crippen LogP contribution in [0.5, 0.6) is 5.88 Å². The van der Waals surface area contributed by atoms with Crippen LogP contribution < -0.4 is 15.4 Å². The molecule has 2 amide bonds. The Hall–Kier alpha value is -2.62. The normalized spacial score (nSPS) is 18.8. The van der Waals surface area contributed by atoms with E-state index in [0.717, 1.165) is 12.8 Å². The number of rotatable bonds is 6. The number of aromatic nitrogens is 2. The summed E-state index contributed by atoms with van der Waals surface area (Å²) < 4.78 is 10.0. The number of thiazole rings is 1. The number of hydrogen-bond acceptors (Lipinski definition) is 8. The smallest absolute Gasteiger partial charge is 0.292 e. The first-order valence-electron chi connectivity index (χ1n) is 8.88. The van der Waals surface area contributed by atoms with Crippen molar-refractivity contribution in [3.05, 3.63) is 23.4 Å². The summed E-state index contributed by atoms with van der Waals surface area (Å²) in [5, 5.41) is 12.7. The minimum Gasteiger partial charge on any atom is -0.479 e. The number of amides is 2. The minimum absolute atomic E-state index is 0.0198. The number of anilines is 1. The summed E-state index contributed by atoms with van der Waals surface area (Å²) in [4.78, 5) is 31.5. The summed E-state index contributed by atoms with van der Waals surface area (Å²) in [5.74, 6) is 0.124. The third-order valence-corrected chi connectivity index (χ3v) is 5.63. The minimum atomic E-state index is -0.768. The summed E-state index contributed by atoms with van der Waals surface area (Å²) >= 11 is 1.46. The van der Waals surface area contributed by atoms with E-state index in [-0.39, 0.29) is 29.5 Å². The van der Waals surface area contributed by atoms with Gasteiger partial charge in [0, 0.05) is 30.7 Å². The highest BCUT2D eigenvalue weighted by Crippen LogP contribution is 2.31. The van der Waals surface area contributed by atoms with Crippen LogP contribution in [0.1, 0.15) is 36.2 Å². The van der Waals surface area contributed by atoms with Crippen LogP contribution in [0.3, 0.4) is 0 Å². The van der Waals surface area contributed by atoms with E-state index in [1.165, 1.54) is 24.5 Å². The van der Waals surface area contributed by atoms with Gasteiger partial charge in [0.05, 0.1) is 13.2 Å². The molecule has 0 unspecified atom stereocenters. The van der Waals surface area contributed by atoms with Gasteiger partial charge in [0.15, 0.2) is 5.13 Å². The zero-order valence-corrected chi connectivity index (χ0v) is 15.8. The highest BCUT2D eigenvalue weighted by atomic mass is 32.1. The van der Waals surface area contributed by atoms with Crippen molar-refractivity contribution in [2.45, 2.75) is 37.3 Å². The molecule has 1 aliphatic heterocycles. The van der Waals surface area contributed by atoms with E-state index < -0.39 is 5.54 Å². The van der Waals surface area contributed by atoms with Gasteiger partial charge in [-0.2, -0.15) is 0 Å². The van der Waals surface area contributed by atoms with E-state index in [9.17, 15) is 9.59 Å². The van der Waals surface area contributed by atoms with Crippen molar-refractivity contribution in [1.29, 1.82) is 0 Å². The molecule has 0 bridgehead atoms. The lowest BCUT2D eigenvalue weighted by molar-refractivity contribution is -0.127. The van der Waals surface area contributed by atoms with Crippen LogP contribution >= 0.6 is 11.3 Å². The second-order valence-electron chi connectivity index (χ2n) is 6.82. The van der Waals surface area contributed by atoms with Crippen molar-refractivity contribution in [2.24, 2.45) is 0 Å². The molecule has 2 aromatic rings. The Kier molecular flexibility index (Phi) is 4.73. The van der Waals surface area contributed by atoms with E-state index in [0.29, 0.717) is 31.1 Å². The predicted molar refractivity (Wildman–Crippen MR) is 97.8 cm³/mol. The maximum Gasteiger partial charge on any atom is 0.292 e. The topological polar surface area (TPSA) is 110 Å². The second-order valence-corrected chi connectivity index (χ2v) is 7.71. The molecule has 2 aliphatic rings. The molecule has 9 nitrogen and oxygen atoms in total. The molecule has 0 spiro atoms. The number of piperidine rings is 1. The molecule has 3 heterocycles. The molecular weight excluding hydrogens is 370 g/mol. The fourth-order valence-corrected chi connectivity index (χ4v) is 3.78. The van der Waals surface area contributed by atoms with Crippen LogP contribution in [0.4, 0.5) is 5.13 Å². The average molecular weight is 391 g/mol. The lowest BCUT2D eigenvalue weighted by Crippen LogP contribution is -2.59. The monoisotopic (exact) mass is 391 g/mol. The van der Waals surface area contributed by atoms with Crippen molar-refractivity contribution in [1.82, 2.24) is 20.4 Å². The lowest BCUT2D eigenvalue weighted by Gasteiger charge is -2.40. The molecule has 1 aliphatic carbocycles. The number of methoxy groups -OCH3 is 1. The fraction of sp³-hybridized carbons (Fsp3) is 0.529. The molecule has 1 saturated carbocycles. The van der Waals surface area contributed by atoms with Gasteiger partial charge in [-0.1, -0.05) is 0 Å². The number of ether oxygens (including phenoxy) is 1. The van der Waals surface area contributed by atoms with Crippen molar-refractivity contribution < 1.29 is 18.8 Å². The van der Waals surface area contributed by atoms with Crippen LogP contribution in [0, 0.1) is 0 Å². The first-order valence-corrected chi connectivity index (χ1v) is 9.76. The predicted octanol–water partition coefficient (Wildman–Crippen LogP) is 1.51. The van der Waals surface area contributed by atoms with Gasteiger partial charge in [0.1, 0.15) is 5.54 Å². The molecule has 4 rings (SSSR count). The molecule has 2 N–H and O–H groups in total. The number of likely N-dealkylation sites (tertiary alicyclic amines) is 1. The van der Waals surface area contributed by atoms with E-state index >= 15 is 0 Å². The third kappa shape index (κ3) is 3.75. The Labute approximate surface area is 160 Å². The summed E-state index contributed by atoms with van der Waals surface area (Å²) in [6.07, 6.45) is 4.73. The van der Waals surface area contributed by atoms with Crippen molar-refractivity contribution in [3.8, 4) is 5.88 Å². The molecule has 2 fully saturated rings. The summed E-state index contributed by atoms with van der Waals surface area (Å²) in [6.45, 7) is 0.858. The van der Waals surface area contributed by atoms with Gasteiger partial charge in [-0.15, -0.1) is 11.3 Å². The zero-order valence-electron chi connectivity index (χ0n) is 14.9. The van der Waals surface area contributed by atoms with Crippen LogP contribution in [0.25, 0.3) is 0 Å². The van der Waals surface area contributed by atoms with E-state index in [1.54, 1.807) is 11.1 Å². The molecule has 1 saturated heterocycles. The number of carbonyl (C=O) groups excluding carboxylic acids is 2. The van der Waals surface area contributed by atoms with Gasteiger partial charge in [0.25, 0.3) is 11.8 Å². The Morgan fingerprint density at radius 2 is 2.15 bits per heavy atom. The number of nitrogens with zero attached hydrogens (tertiary/aromatic N) is 3. The Morgan fingerprint density at radius 3 is 2.74 bits per heavy atom. The van der Waals surface area contributed by atoms with Crippen LogP contribution in [0.2, 0.25) is 0 Å². The highest BCUT2D eigenvalue weighted by Gasteiger charge is 2.44. The quantitative estimate of drug-likeness (QED) is 0.768. The van der Waals surface area contributed by atoms with Gasteiger partial charge >= 0.3 is 0 Å². The first-order chi connectivity index (χ1) is 13.1. The van der Waals surface area contributed by atoms with Crippen molar-refractivity contribution in [3.63, 3.8) is 0 Å². The largest absolute Gasteiger partial charge is 0.479 e. The van der Waals surface area contributed by atoms with E-state index in [1.807, 2.05) is 5.38 Å². The number of nitrogens with one attached hydrogen (secondary N) is 2. The van der Waals surface area contributed by atoms with Gasteiger partial charge in [-0.3, -0.25) is 9.59 Å². The van der Waals surface area contributed by atoms with Gasteiger partial charge in [-0.25, -0.2) is 4.98 Å². The van der Waals surface area contributed by atoms with Gasteiger partial charge < -0.3 is 24.8 Å². The highest BCUT2D eigenvalue weighted by molar-refractivity contribution is 7.13. The van der Waals surface area contributed by atoms with Crippen molar-refractivity contribution >= 4 is 28.3 Å². The van der Waals surface area contributed by atoms with Gasteiger partial charge in [-0.05, 0) is 30.8 Å². The fourth-order valence-electron chi connectivity index (χ4n) is 3.15. The zero-order chi connectivity index (χ0) is 18.9. The molecule has 27 heavy (non-hydrogen) atoms. The summed E-state index contributed by atoms with van der Waals surface area (Å²) in [7, 11) is 1.46. The molecule has 2 aromatic heterocycles. The summed E-state index contributed by atoms with van der Waals surface area (Å²) in [6, 6.07) is 1.74. The SMILES string of the molecule is COc1cc(C(=O)N2CCC(Nc3nccs3)(C(=O)NC3CC3)CC2)on1. The Bertz CT molecular complexity index is 809. The molecule has 10 heteroatoms. The molecule has 0 aromatic carbocycles. The Morgan fingerprint density at radius 1 is 1.37 bits per heavy atom. The maximum absolute atomic E-state index is 12.9. The van der Waals surface area contributed by atoms with Crippen LogP contribution in [-0.2, 0) is 4.79 Å². The van der Waals surface area contributed by atoms with Crippen LogP contribution in [-0.4, -0.2) is 58.6 Å². The first kappa shape index (κ1) is 17.8. The molecular formula is C17H21N5O4S. The number of carbonyl (C=O) groups is 2. The lowest BCUT2D eigenvalue weighted by atomic mass is 9.86. The van der Waals surface area contributed by atoms with Gasteiger partial charge in [0.2, 0.25) is 11.7 Å².